The number of aromatic amines is 1. The summed E-state index contributed by atoms with van der Waals surface area (Å²) in [5.74, 6) is 0.763. The van der Waals surface area contributed by atoms with Crippen molar-refractivity contribution >= 4 is 17.1 Å². The number of aromatic nitrogens is 3. The van der Waals surface area contributed by atoms with Crippen molar-refractivity contribution in [1.82, 2.24) is 20.3 Å². The quantitative estimate of drug-likeness (QED) is 0.727. The molecule has 2 aromatic rings. The first-order valence-corrected chi connectivity index (χ1v) is 7.60. The van der Waals surface area contributed by atoms with Gasteiger partial charge in [0, 0.05) is 25.6 Å². The van der Waals surface area contributed by atoms with Crippen LogP contribution in [0.5, 0.6) is 0 Å². The number of rotatable bonds is 7. The van der Waals surface area contributed by atoms with Gasteiger partial charge in [-0.3, -0.25) is 4.79 Å². The molecule has 0 aliphatic rings. The number of aliphatic hydroxyl groups excluding tert-OH is 1. The molecule has 1 amide bonds. The van der Waals surface area contributed by atoms with E-state index < -0.39 is 0 Å². The maximum absolute atomic E-state index is 11.9. The van der Waals surface area contributed by atoms with Crippen LogP contribution in [0.25, 0.3) is 11.2 Å². The number of pyridine rings is 1. The molecule has 0 aliphatic heterocycles. The van der Waals surface area contributed by atoms with Crippen LogP contribution in [-0.4, -0.2) is 38.6 Å². The lowest BCUT2D eigenvalue weighted by atomic mass is 9.87. The fourth-order valence-electron chi connectivity index (χ4n) is 2.54. The molecule has 0 spiro atoms. The molecule has 0 aliphatic carbocycles. The highest BCUT2D eigenvalue weighted by atomic mass is 16.3. The standard InChI is InChI=1S/C16H24N4O2/c1-11(21)9-16(2,3)10-18-14(22)7-6-13-19-12-5-4-8-17-15(12)20-13/h4-5,8,11,21H,6-7,9-10H2,1-3H3,(H,18,22)(H,17,19,20). The number of hydrogen-bond acceptors (Lipinski definition) is 4. The van der Waals surface area contributed by atoms with Gasteiger partial charge in [0.05, 0.1) is 11.6 Å². The SMILES string of the molecule is CC(O)CC(C)(C)CNC(=O)CCc1nc2ncccc2[nH]1. The summed E-state index contributed by atoms with van der Waals surface area (Å²) >= 11 is 0. The van der Waals surface area contributed by atoms with Crippen molar-refractivity contribution in [1.29, 1.82) is 0 Å². The number of H-pyrrole nitrogens is 1. The molecular weight excluding hydrogens is 280 g/mol. The smallest absolute Gasteiger partial charge is 0.220 e. The molecule has 0 saturated carbocycles. The number of nitrogens with one attached hydrogen (secondary N) is 2. The molecule has 22 heavy (non-hydrogen) atoms. The van der Waals surface area contributed by atoms with Crippen molar-refractivity contribution in [3.63, 3.8) is 0 Å². The number of hydrogen-bond donors (Lipinski definition) is 3. The molecule has 0 fully saturated rings. The van der Waals surface area contributed by atoms with Crippen LogP contribution in [0.4, 0.5) is 0 Å². The van der Waals surface area contributed by atoms with Crippen LogP contribution in [0.15, 0.2) is 18.3 Å². The van der Waals surface area contributed by atoms with Crippen molar-refractivity contribution in [3.8, 4) is 0 Å². The summed E-state index contributed by atoms with van der Waals surface area (Å²) in [4.78, 5) is 23.6. The predicted molar refractivity (Wildman–Crippen MR) is 85.3 cm³/mol. The van der Waals surface area contributed by atoms with Crippen LogP contribution >= 0.6 is 0 Å². The molecule has 0 radical (unpaired) electrons. The highest BCUT2D eigenvalue weighted by molar-refractivity contribution is 5.76. The molecule has 6 nitrogen and oxygen atoms in total. The maximum Gasteiger partial charge on any atom is 0.220 e. The van der Waals surface area contributed by atoms with Gasteiger partial charge in [-0.05, 0) is 30.9 Å². The van der Waals surface area contributed by atoms with E-state index in [1.165, 1.54) is 0 Å². The summed E-state index contributed by atoms with van der Waals surface area (Å²) < 4.78 is 0. The molecule has 0 aromatic carbocycles. The fraction of sp³-hybridized carbons (Fsp3) is 0.562. The first-order valence-electron chi connectivity index (χ1n) is 7.60. The van der Waals surface area contributed by atoms with Gasteiger partial charge in [-0.15, -0.1) is 0 Å². The highest BCUT2D eigenvalue weighted by Crippen LogP contribution is 2.21. The maximum atomic E-state index is 11.9. The Morgan fingerprint density at radius 2 is 2.27 bits per heavy atom. The largest absolute Gasteiger partial charge is 0.393 e. The summed E-state index contributed by atoms with van der Waals surface area (Å²) in [7, 11) is 0. The minimum atomic E-state index is -0.366. The summed E-state index contributed by atoms with van der Waals surface area (Å²) in [6, 6.07) is 3.76. The lowest BCUT2D eigenvalue weighted by Gasteiger charge is -2.26. The molecule has 120 valence electrons. The van der Waals surface area contributed by atoms with E-state index >= 15 is 0 Å². The van der Waals surface area contributed by atoms with Crippen LogP contribution in [0.1, 0.15) is 39.4 Å². The predicted octanol–water partition coefficient (Wildman–Crippen LogP) is 1.80. The zero-order chi connectivity index (χ0) is 16.2. The Morgan fingerprint density at radius 1 is 1.50 bits per heavy atom. The second kappa shape index (κ2) is 6.87. The molecule has 1 atom stereocenters. The van der Waals surface area contributed by atoms with Gasteiger partial charge in [0.15, 0.2) is 5.65 Å². The van der Waals surface area contributed by atoms with Gasteiger partial charge in [-0.2, -0.15) is 0 Å². The van der Waals surface area contributed by atoms with E-state index in [1.807, 2.05) is 26.0 Å². The summed E-state index contributed by atoms with van der Waals surface area (Å²) in [6.45, 7) is 6.38. The first kappa shape index (κ1) is 16.4. The van der Waals surface area contributed by atoms with E-state index in [1.54, 1.807) is 13.1 Å². The zero-order valence-corrected chi connectivity index (χ0v) is 13.4. The van der Waals surface area contributed by atoms with E-state index in [0.717, 1.165) is 11.3 Å². The monoisotopic (exact) mass is 304 g/mol. The Balaban J connectivity index is 1.80. The van der Waals surface area contributed by atoms with Gasteiger partial charge < -0.3 is 15.4 Å². The number of aryl methyl sites for hydroxylation is 1. The van der Waals surface area contributed by atoms with Crippen molar-refractivity contribution in [3.05, 3.63) is 24.2 Å². The minimum absolute atomic E-state index is 0.00733. The van der Waals surface area contributed by atoms with Crippen LogP contribution in [0.2, 0.25) is 0 Å². The van der Waals surface area contributed by atoms with Gasteiger partial charge in [-0.25, -0.2) is 9.97 Å². The van der Waals surface area contributed by atoms with Crippen molar-refractivity contribution in [2.24, 2.45) is 5.41 Å². The average Bonchev–Trinajstić information content (AvgIpc) is 2.84. The second-order valence-corrected chi connectivity index (χ2v) is 6.55. The third-order valence-electron chi connectivity index (χ3n) is 3.51. The van der Waals surface area contributed by atoms with Crippen molar-refractivity contribution in [2.45, 2.75) is 46.1 Å². The topological polar surface area (TPSA) is 90.9 Å². The second-order valence-electron chi connectivity index (χ2n) is 6.55. The summed E-state index contributed by atoms with van der Waals surface area (Å²) in [5.41, 5.74) is 1.44. The van der Waals surface area contributed by atoms with Crippen LogP contribution in [0.3, 0.4) is 0 Å². The third-order valence-corrected chi connectivity index (χ3v) is 3.51. The van der Waals surface area contributed by atoms with Crippen LogP contribution < -0.4 is 5.32 Å². The molecule has 2 rings (SSSR count). The number of aliphatic hydroxyl groups is 1. The minimum Gasteiger partial charge on any atom is -0.393 e. The molecule has 2 heterocycles. The van der Waals surface area contributed by atoms with Crippen LogP contribution in [-0.2, 0) is 11.2 Å². The molecule has 0 saturated heterocycles. The number of fused-ring (bicyclic) bond motifs is 1. The van der Waals surface area contributed by atoms with Gasteiger partial charge >= 0.3 is 0 Å². The Bertz CT molecular complexity index is 601. The van der Waals surface area contributed by atoms with E-state index in [4.69, 9.17) is 0 Å². The number of nitrogens with zero attached hydrogens (tertiary/aromatic N) is 2. The Morgan fingerprint density at radius 3 is 2.95 bits per heavy atom. The van der Waals surface area contributed by atoms with Crippen molar-refractivity contribution in [2.75, 3.05) is 6.54 Å². The fourth-order valence-corrected chi connectivity index (χ4v) is 2.54. The lowest BCUT2D eigenvalue weighted by Crippen LogP contribution is -2.35. The molecule has 6 heteroatoms. The number of amides is 1. The summed E-state index contributed by atoms with van der Waals surface area (Å²) in [6.07, 6.45) is 2.92. The molecule has 0 bridgehead atoms. The molecule has 2 aromatic heterocycles. The Labute approximate surface area is 130 Å². The van der Waals surface area contributed by atoms with E-state index in [2.05, 4.69) is 20.3 Å². The Hall–Kier alpha value is -1.95. The number of imidazole rings is 1. The van der Waals surface area contributed by atoms with E-state index in [0.29, 0.717) is 31.5 Å². The van der Waals surface area contributed by atoms with Crippen molar-refractivity contribution < 1.29 is 9.90 Å². The lowest BCUT2D eigenvalue weighted by molar-refractivity contribution is -0.121. The third kappa shape index (κ3) is 4.80. The zero-order valence-electron chi connectivity index (χ0n) is 13.4. The number of carbonyl (C=O) groups excluding carboxylic acids is 1. The first-order chi connectivity index (χ1) is 10.4. The summed E-state index contributed by atoms with van der Waals surface area (Å²) in [5, 5.41) is 12.4. The van der Waals surface area contributed by atoms with Gasteiger partial charge in [0.2, 0.25) is 5.91 Å². The van der Waals surface area contributed by atoms with Crippen LogP contribution in [0, 0.1) is 5.41 Å². The van der Waals surface area contributed by atoms with E-state index in [-0.39, 0.29) is 17.4 Å². The normalized spacial score (nSPS) is 13.3. The molecule has 1 unspecified atom stereocenters. The Kier molecular flexibility index (Phi) is 5.13. The van der Waals surface area contributed by atoms with E-state index in [9.17, 15) is 9.90 Å². The van der Waals surface area contributed by atoms with Gasteiger partial charge in [0.1, 0.15) is 5.82 Å². The van der Waals surface area contributed by atoms with Gasteiger partial charge in [-0.1, -0.05) is 13.8 Å². The highest BCUT2D eigenvalue weighted by Gasteiger charge is 2.21. The molecular formula is C16H24N4O2. The van der Waals surface area contributed by atoms with Gasteiger partial charge in [0.25, 0.3) is 0 Å². The number of carbonyl (C=O) groups is 1. The molecule has 3 N–H and O–H groups in total. The average molecular weight is 304 g/mol.